The van der Waals surface area contributed by atoms with E-state index >= 15 is 0 Å². The number of benzene rings is 4. The van der Waals surface area contributed by atoms with Crippen molar-refractivity contribution in [3.63, 3.8) is 0 Å². The molecule has 0 spiro atoms. The molecule has 236 valence electrons. The minimum atomic E-state index is -4.21. The van der Waals surface area contributed by atoms with Crippen LogP contribution in [0.1, 0.15) is 30.5 Å². The summed E-state index contributed by atoms with van der Waals surface area (Å²) < 4.78 is 35.6. The van der Waals surface area contributed by atoms with Crippen molar-refractivity contribution >= 4 is 43.5 Å². The van der Waals surface area contributed by atoms with Crippen molar-refractivity contribution in [3.05, 3.63) is 124 Å². The molecule has 4 rings (SSSR count). The smallest absolute Gasteiger partial charge is 0.264 e. The fourth-order valence-electron chi connectivity index (χ4n) is 4.90. The molecule has 1 N–H and O–H groups in total. The largest absolute Gasteiger partial charge is 0.497 e. The summed E-state index contributed by atoms with van der Waals surface area (Å²) in [5, 5.41) is 2.97. The first-order chi connectivity index (χ1) is 21.5. The number of sulfonamides is 1. The van der Waals surface area contributed by atoms with Gasteiger partial charge >= 0.3 is 0 Å². The number of halogens is 1. The zero-order valence-electron chi connectivity index (χ0n) is 25.8. The second kappa shape index (κ2) is 15.2. The third-order valence-electron chi connectivity index (χ3n) is 7.17. The molecule has 0 heterocycles. The van der Waals surface area contributed by atoms with E-state index in [-0.39, 0.29) is 35.5 Å². The quantitative estimate of drug-likeness (QED) is 0.182. The van der Waals surface area contributed by atoms with Crippen LogP contribution in [-0.2, 0) is 32.6 Å². The predicted molar refractivity (Wildman–Crippen MR) is 181 cm³/mol. The van der Waals surface area contributed by atoms with Crippen LogP contribution < -0.4 is 14.4 Å². The van der Waals surface area contributed by atoms with Gasteiger partial charge < -0.3 is 15.0 Å². The molecule has 0 aliphatic heterocycles. The number of ether oxygens (including phenoxy) is 1. The van der Waals surface area contributed by atoms with Gasteiger partial charge in [-0.15, -0.1) is 0 Å². The molecule has 0 bridgehead atoms. The van der Waals surface area contributed by atoms with Crippen molar-refractivity contribution in [1.82, 2.24) is 10.2 Å². The van der Waals surface area contributed by atoms with Crippen LogP contribution in [0, 0.1) is 6.92 Å². The average molecular weight is 693 g/mol. The zero-order valence-corrected chi connectivity index (χ0v) is 28.2. The number of carbonyl (C=O) groups excluding carboxylic acids is 2. The Hall–Kier alpha value is -4.15. The van der Waals surface area contributed by atoms with Gasteiger partial charge in [-0.2, -0.15) is 0 Å². The molecule has 2 amide bonds. The van der Waals surface area contributed by atoms with Crippen LogP contribution in [0.4, 0.5) is 5.69 Å². The van der Waals surface area contributed by atoms with Gasteiger partial charge in [-0.05, 0) is 68.3 Å². The molecule has 0 saturated heterocycles. The summed E-state index contributed by atoms with van der Waals surface area (Å²) >= 11 is 3.50. The molecule has 0 aliphatic rings. The van der Waals surface area contributed by atoms with Gasteiger partial charge in [0.1, 0.15) is 18.3 Å². The fourth-order valence-corrected chi connectivity index (χ4v) is 6.75. The summed E-state index contributed by atoms with van der Waals surface area (Å²) in [4.78, 5) is 29.8. The van der Waals surface area contributed by atoms with E-state index in [1.54, 1.807) is 36.4 Å². The van der Waals surface area contributed by atoms with E-state index in [1.165, 1.54) is 24.1 Å². The number of aryl methyl sites for hydroxylation is 1. The van der Waals surface area contributed by atoms with Crippen molar-refractivity contribution in [2.24, 2.45) is 0 Å². The summed E-state index contributed by atoms with van der Waals surface area (Å²) in [6.07, 6.45) is 0.239. The van der Waals surface area contributed by atoms with E-state index in [4.69, 9.17) is 4.74 Å². The minimum absolute atomic E-state index is 0.0423. The highest BCUT2D eigenvalue weighted by Gasteiger charge is 2.35. The second-order valence-electron chi connectivity index (χ2n) is 11.0. The third-order valence-corrected chi connectivity index (χ3v) is 9.45. The van der Waals surface area contributed by atoms with Gasteiger partial charge in [-0.25, -0.2) is 8.42 Å². The van der Waals surface area contributed by atoms with Gasteiger partial charge in [0.05, 0.1) is 17.7 Å². The molecule has 4 aromatic carbocycles. The number of hydrogen-bond acceptors (Lipinski definition) is 5. The van der Waals surface area contributed by atoms with Crippen LogP contribution in [0.3, 0.4) is 0 Å². The highest BCUT2D eigenvalue weighted by atomic mass is 79.9. The number of amides is 2. The van der Waals surface area contributed by atoms with Gasteiger partial charge in [-0.3, -0.25) is 13.9 Å². The summed E-state index contributed by atoms with van der Waals surface area (Å²) in [5.74, 6) is -0.423. The SMILES string of the molecule is COc1cccc(N(CC(=O)N(Cc2cccc(Br)c2)C(Cc2ccccc2)C(=O)NC(C)C)S(=O)(=O)c2ccc(C)cc2)c1. The molecule has 8 nitrogen and oxygen atoms in total. The molecule has 10 heteroatoms. The molecular weight excluding hydrogens is 654 g/mol. The normalized spacial score (nSPS) is 12.0. The molecule has 0 aliphatic carbocycles. The van der Waals surface area contributed by atoms with Crippen LogP contribution >= 0.6 is 15.9 Å². The van der Waals surface area contributed by atoms with Crippen molar-refractivity contribution in [1.29, 1.82) is 0 Å². The Labute approximate surface area is 274 Å². The number of anilines is 1. The van der Waals surface area contributed by atoms with Crippen molar-refractivity contribution in [3.8, 4) is 5.75 Å². The molecule has 4 aromatic rings. The number of hydrogen-bond donors (Lipinski definition) is 1. The molecule has 0 fully saturated rings. The summed E-state index contributed by atoms with van der Waals surface area (Å²) in [7, 11) is -2.72. The van der Waals surface area contributed by atoms with Gasteiger partial charge in [0.15, 0.2) is 0 Å². The third kappa shape index (κ3) is 8.95. The molecule has 45 heavy (non-hydrogen) atoms. The van der Waals surface area contributed by atoms with E-state index in [1.807, 2.05) is 75.4 Å². The van der Waals surface area contributed by atoms with Crippen molar-refractivity contribution < 1.29 is 22.7 Å². The Bertz CT molecular complexity index is 1710. The number of nitrogens with zero attached hydrogens (tertiary/aromatic N) is 2. The molecule has 0 saturated carbocycles. The number of methoxy groups -OCH3 is 1. The maximum atomic E-state index is 14.5. The fraction of sp³-hybridized carbons (Fsp3) is 0.257. The standard InChI is InChI=1S/C35H38BrN3O5S/c1-25(2)37-35(41)33(21-27-10-6-5-7-11-27)38(23-28-12-8-13-29(36)20-28)34(40)24-39(30-14-9-15-31(22-30)44-4)45(42,43)32-18-16-26(3)17-19-32/h5-20,22,25,33H,21,23-24H2,1-4H3,(H,37,41). The van der Waals surface area contributed by atoms with Gasteiger partial charge in [-0.1, -0.05) is 82.2 Å². The Balaban J connectivity index is 1.82. The first kappa shape index (κ1) is 33.7. The average Bonchev–Trinajstić information content (AvgIpc) is 3.01. The van der Waals surface area contributed by atoms with E-state index in [0.717, 1.165) is 25.5 Å². The first-order valence-electron chi connectivity index (χ1n) is 14.6. The Morgan fingerprint density at radius 2 is 1.53 bits per heavy atom. The first-order valence-corrected chi connectivity index (χ1v) is 16.8. The zero-order chi connectivity index (χ0) is 32.6. The van der Waals surface area contributed by atoms with Crippen LogP contribution in [0.25, 0.3) is 0 Å². The Morgan fingerprint density at radius 3 is 2.18 bits per heavy atom. The van der Waals surface area contributed by atoms with Gasteiger partial charge in [0, 0.05) is 29.5 Å². The molecule has 1 atom stereocenters. The highest BCUT2D eigenvalue weighted by Crippen LogP contribution is 2.28. The number of nitrogens with one attached hydrogen (secondary N) is 1. The maximum absolute atomic E-state index is 14.5. The molecular formula is C35H38BrN3O5S. The van der Waals surface area contributed by atoms with Crippen LogP contribution in [0.15, 0.2) is 112 Å². The molecule has 0 aromatic heterocycles. The lowest BCUT2D eigenvalue weighted by molar-refractivity contribution is -0.140. The number of rotatable bonds is 13. The van der Waals surface area contributed by atoms with E-state index in [2.05, 4.69) is 21.2 Å². The molecule has 1 unspecified atom stereocenters. The predicted octanol–water partition coefficient (Wildman–Crippen LogP) is 6.13. The van der Waals surface area contributed by atoms with E-state index in [9.17, 15) is 18.0 Å². The van der Waals surface area contributed by atoms with Crippen LogP contribution in [0.5, 0.6) is 5.75 Å². The summed E-state index contributed by atoms with van der Waals surface area (Å²) in [6, 6.07) is 28.9. The monoisotopic (exact) mass is 691 g/mol. The minimum Gasteiger partial charge on any atom is -0.497 e. The summed E-state index contributed by atoms with van der Waals surface area (Å²) in [6.45, 7) is 5.12. The Morgan fingerprint density at radius 1 is 0.867 bits per heavy atom. The Kier molecular flexibility index (Phi) is 11.4. The van der Waals surface area contributed by atoms with Crippen LogP contribution in [0.2, 0.25) is 0 Å². The van der Waals surface area contributed by atoms with Crippen LogP contribution in [-0.4, -0.2) is 50.9 Å². The lowest BCUT2D eigenvalue weighted by Gasteiger charge is -2.34. The maximum Gasteiger partial charge on any atom is 0.264 e. The second-order valence-corrected chi connectivity index (χ2v) is 13.8. The van der Waals surface area contributed by atoms with Crippen molar-refractivity contribution in [2.45, 2.75) is 50.7 Å². The summed E-state index contributed by atoms with van der Waals surface area (Å²) in [5.41, 5.74) is 2.81. The topological polar surface area (TPSA) is 96.0 Å². The van der Waals surface area contributed by atoms with Gasteiger partial charge in [0.2, 0.25) is 11.8 Å². The lowest BCUT2D eigenvalue weighted by Crippen LogP contribution is -2.54. The van der Waals surface area contributed by atoms with E-state index < -0.39 is 28.5 Å². The highest BCUT2D eigenvalue weighted by molar-refractivity contribution is 9.10. The number of carbonyl (C=O) groups is 2. The van der Waals surface area contributed by atoms with E-state index in [0.29, 0.717) is 5.75 Å². The van der Waals surface area contributed by atoms with Gasteiger partial charge in [0.25, 0.3) is 10.0 Å². The molecule has 0 radical (unpaired) electrons. The van der Waals surface area contributed by atoms with Crippen molar-refractivity contribution in [2.75, 3.05) is 18.0 Å². The lowest BCUT2D eigenvalue weighted by atomic mass is 10.0.